The van der Waals surface area contributed by atoms with Crippen molar-refractivity contribution in [2.45, 2.75) is 0 Å². The molecule has 4 N–H and O–H groups in total. The zero-order valence-electron chi connectivity index (χ0n) is 12.4. The highest BCUT2D eigenvalue weighted by Crippen LogP contribution is 2.16. The van der Waals surface area contributed by atoms with Crippen LogP contribution in [0.25, 0.3) is 0 Å². The molecule has 0 aliphatic heterocycles. The van der Waals surface area contributed by atoms with Crippen molar-refractivity contribution in [2.75, 3.05) is 12.4 Å². The predicted molar refractivity (Wildman–Crippen MR) is 102 cm³/mol. The number of hydrazone groups is 1. The highest BCUT2D eigenvalue weighted by atomic mass is 32.1. The smallest absolute Gasteiger partial charge is 0.184 e. The van der Waals surface area contributed by atoms with Gasteiger partial charge in [0, 0.05) is 11.3 Å². The van der Waals surface area contributed by atoms with Gasteiger partial charge in [0.05, 0.1) is 7.11 Å². The van der Waals surface area contributed by atoms with Crippen LogP contribution in [0.3, 0.4) is 0 Å². The van der Waals surface area contributed by atoms with Crippen molar-refractivity contribution >= 4 is 45.9 Å². The number of nitrogens with two attached hydrogens (primary N) is 1. The first-order chi connectivity index (χ1) is 11.1. The Morgan fingerprint density at radius 2 is 1.70 bits per heavy atom. The molecule has 0 aliphatic rings. The molecule has 0 saturated carbocycles. The molecule has 2 aromatic rings. The van der Waals surface area contributed by atoms with E-state index in [4.69, 9.17) is 34.9 Å². The summed E-state index contributed by atoms with van der Waals surface area (Å²) in [7, 11) is 1.62. The minimum Gasteiger partial charge on any atom is -0.497 e. The van der Waals surface area contributed by atoms with Crippen LogP contribution in [0, 0.1) is 0 Å². The number of rotatable bonds is 5. The van der Waals surface area contributed by atoms with Gasteiger partial charge in [-0.3, -0.25) is 5.43 Å². The molecule has 0 heterocycles. The molecule has 0 spiro atoms. The van der Waals surface area contributed by atoms with E-state index in [0.29, 0.717) is 10.7 Å². The van der Waals surface area contributed by atoms with Gasteiger partial charge in [0.2, 0.25) is 0 Å². The maximum atomic E-state index is 5.46. The monoisotopic (exact) mass is 344 g/mol. The molecule has 5 nitrogen and oxygen atoms in total. The summed E-state index contributed by atoms with van der Waals surface area (Å²) < 4.78 is 5.13. The number of ether oxygens (including phenoxy) is 1. The number of thiocarbonyl (C=S) groups is 2. The molecule has 2 aromatic carbocycles. The van der Waals surface area contributed by atoms with Crippen LogP contribution in [-0.4, -0.2) is 22.9 Å². The average molecular weight is 344 g/mol. The van der Waals surface area contributed by atoms with Gasteiger partial charge in [-0.15, -0.1) is 0 Å². The summed E-state index contributed by atoms with van der Waals surface area (Å²) in [5, 5.41) is 7.41. The summed E-state index contributed by atoms with van der Waals surface area (Å²) in [6.45, 7) is 0. The molecule has 23 heavy (non-hydrogen) atoms. The van der Waals surface area contributed by atoms with Crippen LogP contribution in [0.4, 0.5) is 5.69 Å². The fourth-order valence-corrected chi connectivity index (χ4v) is 2.15. The molecule has 0 bridgehead atoms. The Morgan fingerprint density at radius 3 is 2.26 bits per heavy atom. The van der Waals surface area contributed by atoms with Gasteiger partial charge in [0.1, 0.15) is 16.4 Å². The van der Waals surface area contributed by atoms with E-state index in [2.05, 4.69) is 15.8 Å². The van der Waals surface area contributed by atoms with Gasteiger partial charge in [0.15, 0.2) is 5.11 Å². The van der Waals surface area contributed by atoms with E-state index < -0.39 is 0 Å². The first-order valence-electron chi connectivity index (χ1n) is 6.74. The summed E-state index contributed by atoms with van der Waals surface area (Å²) in [4.78, 5) is 0.449. The highest BCUT2D eigenvalue weighted by molar-refractivity contribution is 7.82. The standard InChI is InChI=1S/C16H16N4OS2/c1-21-13-9-7-12(8-10-13)18-15(22)14(19-20-16(17)23)11-5-3-2-4-6-11/h2-10H,1H3,(H,18,22)(H3,17,20,23). The van der Waals surface area contributed by atoms with E-state index >= 15 is 0 Å². The normalized spacial score (nSPS) is 10.7. The van der Waals surface area contributed by atoms with E-state index in [9.17, 15) is 0 Å². The van der Waals surface area contributed by atoms with Crippen LogP contribution in [0.15, 0.2) is 59.7 Å². The first-order valence-corrected chi connectivity index (χ1v) is 7.56. The number of hydrogen-bond donors (Lipinski definition) is 3. The lowest BCUT2D eigenvalue weighted by molar-refractivity contribution is 0.415. The molecule has 7 heteroatoms. The second kappa shape index (κ2) is 8.21. The third-order valence-corrected chi connectivity index (χ3v) is 3.27. The lowest BCUT2D eigenvalue weighted by Crippen LogP contribution is -2.29. The van der Waals surface area contributed by atoms with Crippen LogP contribution in [0.5, 0.6) is 5.75 Å². The minimum absolute atomic E-state index is 0.0747. The van der Waals surface area contributed by atoms with E-state index in [1.165, 1.54) is 0 Å². The van der Waals surface area contributed by atoms with Crippen molar-refractivity contribution < 1.29 is 4.74 Å². The molecule has 118 valence electrons. The van der Waals surface area contributed by atoms with E-state index in [1.54, 1.807) is 7.11 Å². The third-order valence-electron chi connectivity index (χ3n) is 2.89. The van der Waals surface area contributed by atoms with Crippen molar-refractivity contribution in [1.29, 1.82) is 0 Å². The summed E-state index contributed by atoms with van der Waals surface area (Å²) in [6.07, 6.45) is 0. The molecule has 0 aliphatic carbocycles. The van der Waals surface area contributed by atoms with Crippen LogP contribution >= 0.6 is 24.4 Å². The lowest BCUT2D eigenvalue weighted by Gasteiger charge is -2.12. The Kier molecular flexibility index (Phi) is 6.02. The van der Waals surface area contributed by atoms with E-state index in [0.717, 1.165) is 17.0 Å². The molecule has 0 saturated heterocycles. The second-order valence-corrected chi connectivity index (χ2v) is 5.33. The Morgan fingerprint density at radius 1 is 1.04 bits per heavy atom. The molecule has 0 fully saturated rings. The maximum Gasteiger partial charge on any atom is 0.184 e. The van der Waals surface area contributed by atoms with Gasteiger partial charge in [-0.1, -0.05) is 42.5 Å². The van der Waals surface area contributed by atoms with Gasteiger partial charge in [-0.25, -0.2) is 0 Å². The number of methoxy groups -OCH3 is 1. The highest BCUT2D eigenvalue weighted by Gasteiger charge is 2.11. The molecule has 0 amide bonds. The maximum absolute atomic E-state index is 5.46. The third kappa shape index (κ3) is 5.01. The number of benzene rings is 2. The topological polar surface area (TPSA) is 71.7 Å². The van der Waals surface area contributed by atoms with Crippen LogP contribution < -0.4 is 21.2 Å². The number of anilines is 1. The first kappa shape index (κ1) is 16.9. The van der Waals surface area contributed by atoms with E-state index in [1.807, 2.05) is 54.6 Å². The number of nitrogens with one attached hydrogen (secondary N) is 2. The van der Waals surface area contributed by atoms with Crippen molar-refractivity contribution in [3.05, 3.63) is 60.2 Å². The number of nitrogens with zero attached hydrogens (tertiary/aromatic N) is 1. The summed E-state index contributed by atoms with van der Waals surface area (Å²) in [6, 6.07) is 17.0. The summed E-state index contributed by atoms with van der Waals surface area (Å²) >= 11 is 10.2. The summed E-state index contributed by atoms with van der Waals surface area (Å²) in [5.74, 6) is 0.772. The Bertz CT molecular complexity index is 715. The Labute approximate surface area is 145 Å². The van der Waals surface area contributed by atoms with Gasteiger partial charge >= 0.3 is 0 Å². The van der Waals surface area contributed by atoms with Gasteiger partial charge in [0.25, 0.3) is 0 Å². The molecule has 0 unspecified atom stereocenters. The quantitative estimate of drug-likeness (QED) is 0.440. The van der Waals surface area contributed by atoms with Crippen LogP contribution in [0.1, 0.15) is 5.56 Å². The fourth-order valence-electron chi connectivity index (χ4n) is 1.82. The summed E-state index contributed by atoms with van der Waals surface area (Å²) in [5.41, 5.74) is 10.2. The molecule has 0 radical (unpaired) electrons. The zero-order chi connectivity index (χ0) is 16.7. The van der Waals surface area contributed by atoms with Gasteiger partial charge in [-0.2, -0.15) is 5.10 Å². The molecular formula is C16H16N4OS2. The van der Waals surface area contributed by atoms with Crippen LogP contribution in [0.2, 0.25) is 0 Å². The van der Waals surface area contributed by atoms with Crippen molar-refractivity contribution in [3.8, 4) is 5.75 Å². The molecule has 0 atom stereocenters. The SMILES string of the molecule is COc1ccc(NC(=S)C(=NNC(N)=S)c2ccccc2)cc1. The van der Waals surface area contributed by atoms with Crippen LogP contribution in [-0.2, 0) is 0 Å². The second-order valence-electron chi connectivity index (χ2n) is 4.49. The predicted octanol–water partition coefficient (Wildman–Crippen LogP) is 2.67. The molecule has 2 rings (SSSR count). The molecule has 0 aromatic heterocycles. The minimum atomic E-state index is 0.0747. The Balaban J connectivity index is 2.22. The van der Waals surface area contributed by atoms with E-state index in [-0.39, 0.29) is 5.11 Å². The van der Waals surface area contributed by atoms with Crippen molar-refractivity contribution in [1.82, 2.24) is 5.43 Å². The van der Waals surface area contributed by atoms with Gasteiger partial charge in [-0.05, 0) is 36.5 Å². The van der Waals surface area contributed by atoms with Crippen molar-refractivity contribution in [2.24, 2.45) is 10.8 Å². The average Bonchev–Trinajstić information content (AvgIpc) is 2.56. The van der Waals surface area contributed by atoms with Crippen molar-refractivity contribution in [3.63, 3.8) is 0 Å². The lowest BCUT2D eigenvalue weighted by atomic mass is 10.1. The largest absolute Gasteiger partial charge is 0.497 e. The Hall–Kier alpha value is -2.51. The van der Waals surface area contributed by atoms with Gasteiger partial charge < -0.3 is 15.8 Å². The zero-order valence-corrected chi connectivity index (χ0v) is 14.1. The fraction of sp³-hybridized carbons (Fsp3) is 0.0625. The molecular weight excluding hydrogens is 328 g/mol. The number of hydrogen-bond acceptors (Lipinski definition) is 4.